The third-order valence-electron chi connectivity index (χ3n) is 5.22. The fourth-order valence-electron chi connectivity index (χ4n) is 3.72. The van der Waals surface area contributed by atoms with Crippen LogP contribution in [-0.2, 0) is 16.1 Å². The normalized spacial score (nSPS) is 18.7. The lowest BCUT2D eigenvalue weighted by molar-refractivity contribution is -0.136. The van der Waals surface area contributed by atoms with Crippen molar-refractivity contribution in [3.8, 4) is 0 Å². The average Bonchev–Trinajstić information content (AvgIpc) is 3.00. The number of rotatable bonds is 3. The largest absolute Gasteiger partial charge is 0.322 e. The fraction of sp³-hybridized carbons (Fsp3) is 0.238. The predicted molar refractivity (Wildman–Crippen MR) is 102 cm³/mol. The van der Waals surface area contributed by atoms with Gasteiger partial charge < -0.3 is 10.2 Å². The zero-order valence-corrected chi connectivity index (χ0v) is 15.3. The van der Waals surface area contributed by atoms with E-state index in [1.54, 1.807) is 30.3 Å². The van der Waals surface area contributed by atoms with Gasteiger partial charge in [-0.1, -0.05) is 24.3 Å². The summed E-state index contributed by atoms with van der Waals surface area (Å²) in [6.07, 6.45) is 0.503. The van der Waals surface area contributed by atoms with Gasteiger partial charge in [0, 0.05) is 35.3 Å². The van der Waals surface area contributed by atoms with Crippen LogP contribution >= 0.6 is 0 Å². The lowest BCUT2D eigenvalue weighted by atomic mass is 10.0. The van der Waals surface area contributed by atoms with Crippen molar-refractivity contribution < 1.29 is 19.2 Å². The summed E-state index contributed by atoms with van der Waals surface area (Å²) in [5.74, 6) is -1.30. The Bertz CT molecular complexity index is 1010. The zero-order valence-electron chi connectivity index (χ0n) is 15.3. The van der Waals surface area contributed by atoms with Gasteiger partial charge >= 0.3 is 0 Å². The highest BCUT2D eigenvalue weighted by Crippen LogP contribution is 2.32. The number of hydrogen-bond donors (Lipinski definition) is 2. The number of fused-ring (bicyclic) bond motifs is 1. The van der Waals surface area contributed by atoms with Crippen LogP contribution < -0.4 is 10.6 Å². The standard InChI is InChI=1S/C21H19N3O4/c1-12-5-2-3-6-13(12)19(26)22-16-8-4-7-14-15(16)11-24(21(14)28)17-9-10-18(25)23-20(17)27/h2-8,17H,9-11H2,1H3,(H,22,26)(H,23,25,27). The summed E-state index contributed by atoms with van der Waals surface area (Å²) < 4.78 is 0. The molecule has 1 saturated heterocycles. The van der Waals surface area contributed by atoms with Gasteiger partial charge in [-0.3, -0.25) is 24.5 Å². The van der Waals surface area contributed by atoms with E-state index >= 15 is 0 Å². The van der Waals surface area contributed by atoms with Crippen LogP contribution in [0.2, 0.25) is 0 Å². The summed E-state index contributed by atoms with van der Waals surface area (Å²) >= 11 is 0. The van der Waals surface area contributed by atoms with E-state index in [1.807, 2.05) is 19.1 Å². The maximum Gasteiger partial charge on any atom is 0.255 e. The Balaban J connectivity index is 1.60. The minimum atomic E-state index is -0.683. The fourth-order valence-corrected chi connectivity index (χ4v) is 3.72. The third kappa shape index (κ3) is 3.05. The van der Waals surface area contributed by atoms with Gasteiger partial charge in [0.25, 0.3) is 11.8 Å². The molecule has 1 atom stereocenters. The molecule has 0 bridgehead atoms. The molecular weight excluding hydrogens is 358 g/mol. The summed E-state index contributed by atoms with van der Waals surface area (Å²) in [4.78, 5) is 50.5. The summed E-state index contributed by atoms with van der Waals surface area (Å²) in [6, 6.07) is 11.7. The molecule has 142 valence electrons. The van der Waals surface area contributed by atoms with Crippen LogP contribution in [0, 0.1) is 6.92 Å². The van der Waals surface area contributed by atoms with Crippen LogP contribution in [0.1, 0.15) is 44.7 Å². The second kappa shape index (κ2) is 6.92. The van der Waals surface area contributed by atoms with Gasteiger partial charge in [-0.25, -0.2) is 0 Å². The number of nitrogens with zero attached hydrogens (tertiary/aromatic N) is 1. The van der Waals surface area contributed by atoms with E-state index in [0.29, 0.717) is 28.8 Å². The first kappa shape index (κ1) is 17.9. The smallest absolute Gasteiger partial charge is 0.255 e. The molecule has 4 rings (SSSR count). The van der Waals surface area contributed by atoms with Crippen LogP contribution in [0.3, 0.4) is 0 Å². The van der Waals surface area contributed by atoms with Gasteiger partial charge in [-0.05, 0) is 37.1 Å². The van der Waals surface area contributed by atoms with E-state index in [1.165, 1.54) is 4.90 Å². The molecule has 0 radical (unpaired) electrons. The van der Waals surface area contributed by atoms with Gasteiger partial charge in [0.2, 0.25) is 11.8 Å². The number of imide groups is 1. The second-order valence-corrected chi connectivity index (χ2v) is 7.00. The number of amides is 4. The molecule has 0 saturated carbocycles. The number of carbonyl (C=O) groups excluding carboxylic acids is 4. The Hall–Kier alpha value is -3.48. The molecule has 0 spiro atoms. The number of anilines is 1. The minimum Gasteiger partial charge on any atom is -0.322 e. The monoisotopic (exact) mass is 377 g/mol. The molecule has 4 amide bonds. The molecule has 0 aliphatic carbocycles. The molecule has 28 heavy (non-hydrogen) atoms. The summed E-state index contributed by atoms with van der Waals surface area (Å²) in [7, 11) is 0. The average molecular weight is 377 g/mol. The zero-order chi connectivity index (χ0) is 19.8. The molecule has 2 aliphatic rings. The quantitative estimate of drug-likeness (QED) is 0.800. The highest BCUT2D eigenvalue weighted by Gasteiger charge is 2.39. The highest BCUT2D eigenvalue weighted by molar-refractivity contribution is 6.09. The molecule has 7 heteroatoms. The van der Waals surface area contributed by atoms with Gasteiger partial charge in [-0.2, -0.15) is 0 Å². The van der Waals surface area contributed by atoms with Crippen LogP contribution in [0.25, 0.3) is 0 Å². The number of benzene rings is 2. The van der Waals surface area contributed by atoms with Gasteiger partial charge in [0.15, 0.2) is 0 Å². The van der Waals surface area contributed by atoms with Gasteiger partial charge in [0.05, 0.1) is 0 Å². The lowest BCUT2D eigenvalue weighted by Crippen LogP contribution is -2.52. The summed E-state index contributed by atoms with van der Waals surface area (Å²) in [5.41, 5.74) is 3.11. The van der Waals surface area contributed by atoms with Crippen molar-refractivity contribution in [1.29, 1.82) is 0 Å². The van der Waals surface area contributed by atoms with E-state index in [9.17, 15) is 19.2 Å². The number of aryl methyl sites for hydroxylation is 1. The SMILES string of the molecule is Cc1ccccc1C(=O)Nc1cccc2c1CN(C1CCC(=O)NC1=O)C2=O. The van der Waals surface area contributed by atoms with Crippen LogP contribution in [-0.4, -0.2) is 34.6 Å². The van der Waals surface area contributed by atoms with Gasteiger partial charge in [0.1, 0.15) is 6.04 Å². The Morgan fingerprint density at radius 3 is 2.64 bits per heavy atom. The molecular formula is C21H19N3O4. The van der Waals surface area contributed by atoms with E-state index < -0.39 is 11.9 Å². The topological polar surface area (TPSA) is 95.6 Å². The Kier molecular flexibility index (Phi) is 4.43. The molecule has 2 aromatic carbocycles. The molecule has 2 aromatic rings. The molecule has 2 aliphatic heterocycles. The maximum absolute atomic E-state index is 12.8. The van der Waals surface area contributed by atoms with Crippen molar-refractivity contribution in [2.24, 2.45) is 0 Å². The summed E-state index contributed by atoms with van der Waals surface area (Å²) in [6.45, 7) is 2.07. The van der Waals surface area contributed by atoms with Crippen molar-refractivity contribution in [1.82, 2.24) is 10.2 Å². The lowest BCUT2D eigenvalue weighted by Gasteiger charge is -2.29. The molecule has 7 nitrogen and oxygen atoms in total. The number of carbonyl (C=O) groups is 4. The van der Waals surface area contributed by atoms with Crippen molar-refractivity contribution in [3.05, 3.63) is 64.7 Å². The van der Waals surface area contributed by atoms with Crippen LogP contribution in [0.4, 0.5) is 5.69 Å². The molecule has 1 fully saturated rings. The van der Waals surface area contributed by atoms with Gasteiger partial charge in [-0.15, -0.1) is 0 Å². The van der Waals surface area contributed by atoms with E-state index in [4.69, 9.17) is 0 Å². The first-order valence-corrected chi connectivity index (χ1v) is 9.09. The van der Waals surface area contributed by atoms with Crippen LogP contribution in [0.5, 0.6) is 0 Å². The Morgan fingerprint density at radius 2 is 1.89 bits per heavy atom. The predicted octanol–water partition coefficient (Wildman–Crippen LogP) is 2.01. The minimum absolute atomic E-state index is 0.202. The summed E-state index contributed by atoms with van der Waals surface area (Å²) in [5, 5.41) is 5.18. The van der Waals surface area contributed by atoms with Crippen molar-refractivity contribution in [3.63, 3.8) is 0 Å². The first-order valence-electron chi connectivity index (χ1n) is 9.09. The van der Waals surface area contributed by atoms with Crippen molar-refractivity contribution >= 4 is 29.3 Å². The second-order valence-electron chi connectivity index (χ2n) is 7.00. The number of nitrogens with one attached hydrogen (secondary N) is 2. The maximum atomic E-state index is 12.8. The number of hydrogen-bond acceptors (Lipinski definition) is 4. The Labute approximate surface area is 161 Å². The first-order chi connectivity index (χ1) is 13.5. The van der Waals surface area contributed by atoms with Crippen molar-refractivity contribution in [2.75, 3.05) is 5.32 Å². The number of piperidine rings is 1. The highest BCUT2D eigenvalue weighted by atomic mass is 16.2. The van der Waals surface area contributed by atoms with Crippen molar-refractivity contribution in [2.45, 2.75) is 32.4 Å². The molecule has 0 aromatic heterocycles. The van der Waals surface area contributed by atoms with E-state index in [0.717, 1.165) is 5.56 Å². The molecule has 2 N–H and O–H groups in total. The van der Waals surface area contributed by atoms with Crippen LogP contribution in [0.15, 0.2) is 42.5 Å². The molecule has 1 unspecified atom stereocenters. The third-order valence-corrected chi connectivity index (χ3v) is 5.22. The van der Waals surface area contributed by atoms with E-state index in [-0.39, 0.29) is 30.7 Å². The van der Waals surface area contributed by atoms with E-state index in [2.05, 4.69) is 10.6 Å². The molecule has 2 heterocycles. The Morgan fingerprint density at radius 1 is 1.11 bits per heavy atom.